The number of benzene rings is 2. The molecular formula is C38H43F2N7O7. The van der Waals surface area contributed by atoms with Gasteiger partial charge in [0.05, 0.1) is 62.3 Å². The summed E-state index contributed by atoms with van der Waals surface area (Å²) in [5.41, 5.74) is 7.85. The summed E-state index contributed by atoms with van der Waals surface area (Å²) in [5, 5.41) is 10.3. The second kappa shape index (κ2) is 16.7. The number of pyridine rings is 1. The lowest BCUT2D eigenvalue weighted by Crippen LogP contribution is -2.55. The highest BCUT2D eigenvalue weighted by molar-refractivity contribution is 5.98. The Hall–Kier alpha value is -5.45. The van der Waals surface area contributed by atoms with E-state index < -0.39 is 17.2 Å². The maximum atomic E-state index is 14.6. The summed E-state index contributed by atoms with van der Waals surface area (Å²) in [5.74, 6) is -1.58. The Bertz CT molecular complexity index is 2020. The van der Waals surface area contributed by atoms with Crippen molar-refractivity contribution in [2.24, 2.45) is 5.73 Å². The first kappa shape index (κ1) is 38.3. The molecule has 54 heavy (non-hydrogen) atoms. The Kier molecular flexibility index (Phi) is 11.8. The van der Waals surface area contributed by atoms with Crippen molar-refractivity contribution in [2.75, 3.05) is 58.5 Å². The summed E-state index contributed by atoms with van der Waals surface area (Å²) in [7, 11) is 1.51. The number of methoxy groups -OCH3 is 1. The van der Waals surface area contributed by atoms with Crippen molar-refractivity contribution >= 4 is 23.4 Å². The smallest absolute Gasteiger partial charge is 0.275 e. The molecule has 6 rings (SSSR count). The Morgan fingerprint density at radius 1 is 1.00 bits per heavy atom. The van der Waals surface area contributed by atoms with E-state index in [0.717, 1.165) is 18.2 Å². The number of hydrogen-bond acceptors (Lipinski definition) is 10. The monoisotopic (exact) mass is 747 g/mol. The molecule has 2 aliphatic rings. The first-order valence-corrected chi connectivity index (χ1v) is 17.6. The molecule has 0 unspecified atom stereocenters. The molecule has 2 aliphatic heterocycles. The van der Waals surface area contributed by atoms with Gasteiger partial charge in [-0.05, 0) is 44.5 Å². The number of morpholine rings is 1. The Labute approximate surface area is 310 Å². The third-order valence-corrected chi connectivity index (χ3v) is 9.07. The van der Waals surface area contributed by atoms with Gasteiger partial charge in [0.15, 0.2) is 5.69 Å². The molecule has 0 atom stereocenters. The minimum Gasteiger partial charge on any atom is -0.496 e. The molecule has 0 aliphatic carbocycles. The van der Waals surface area contributed by atoms with Gasteiger partial charge in [-0.1, -0.05) is 0 Å². The molecule has 4 heterocycles. The molecule has 2 aromatic heterocycles. The topological polar surface area (TPSA) is 172 Å². The fourth-order valence-corrected chi connectivity index (χ4v) is 6.45. The van der Waals surface area contributed by atoms with E-state index in [2.05, 4.69) is 20.7 Å². The highest BCUT2D eigenvalue weighted by atomic mass is 19.1. The van der Waals surface area contributed by atoms with Crippen LogP contribution in [0.3, 0.4) is 0 Å². The van der Waals surface area contributed by atoms with Crippen molar-refractivity contribution in [1.82, 2.24) is 25.0 Å². The van der Waals surface area contributed by atoms with Crippen LogP contribution in [0.1, 0.15) is 49.2 Å². The Balaban J connectivity index is 1.29. The van der Waals surface area contributed by atoms with E-state index in [9.17, 15) is 23.2 Å². The van der Waals surface area contributed by atoms with Crippen molar-refractivity contribution in [3.63, 3.8) is 0 Å². The fourth-order valence-electron chi connectivity index (χ4n) is 6.45. The minimum atomic E-state index is -0.807. The number of hydrogen-bond donors (Lipinski definition) is 3. The SMILES string of the molecule is COc1cc2c(cc1-c1cncc(NC(=O)CCCNC(=O)CCOCCN)c1)-c1c(c(C(=O)N3CCOCC3(C)C)nn1-c1cc(F)cc(F)c1)CO2. The van der Waals surface area contributed by atoms with E-state index in [0.29, 0.717) is 91.0 Å². The number of nitrogens with two attached hydrogens (primary N) is 1. The number of amides is 3. The molecule has 286 valence electrons. The van der Waals surface area contributed by atoms with E-state index in [1.807, 2.05) is 13.8 Å². The number of aromatic nitrogens is 3. The van der Waals surface area contributed by atoms with Gasteiger partial charge in [0.2, 0.25) is 11.8 Å². The van der Waals surface area contributed by atoms with Crippen molar-refractivity contribution in [2.45, 2.75) is 45.3 Å². The third-order valence-electron chi connectivity index (χ3n) is 9.07. The first-order valence-electron chi connectivity index (χ1n) is 17.6. The summed E-state index contributed by atoms with van der Waals surface area (Å²) in [6, 6.07) is 8.26. The minimum absolute atomic E-state index is 0.0373. The van der Waals surface area contributed by atoms with Crippen molar-refractivity contribution in [1.29, 1.82) is 0 Å². The van der Waals surface area contributed by atoms with Crippen LogP contribution < -0.4 is 25.8 Å². The van der Waals surface area contributed by atoms with Crippen LogP contribution >= 0.6 is 0 Å². The maximum Gasteiger partial charge on any atom is 0.275 e. The molecule has 14 nitrogen and oxygen atoms in total. The highest BCUT2D eigenvalue weighted by Crippen LogP contribution is 2.46. The van der Waals surface area contributed by atoms with Gasteiger partial charge in [-0.2, -0.15) is 5.10 Å². The van der Waals surface area contributed by atoms with Crippen molar-refractivity contribution in [3.05, 3.63) is 71.7 Å². The van der Waals surface area contributed by atoms with Crippen LogP contribution in [0.25, 0.3) is 28.1 Å². The van der Waals surface area contributed by atoms with Crippen molar-refractivity contribution < 1.29 is 42.1 Å². The lowest BCUT2D eigenvalue weighted by Gasteiger charge is -2.41. The summed E-state index contributed by atoms with van der Waals surface area (Å²) in [6.45, 7) is 6.16. The van der Waals surface area contributed by atoms with E-state index >= 15 is 0 Å². The number of fused-ring (bicyclic) bond motifs is 3. The standard InChI is InChI=1S/C38H43F2N7O7/c1-38(2)22-53-12-9-46(38)37(50)35-30-21-54-32-18-31(51-3)28(17-29(32)36(30)47(45-35)27-15-24(39)14-25(40)16-27)23-13-26(20-42-19-23)44-34(49)5-4-8-43-33(48)6-10-52-11-7-41/h13-20H,4-12,21-22,41H2,1-3H3,(H,43,48)(H,44,49). The first-order chi connectivity index (χ1) is 26.0. The molecule has 1 fully saturated rings. The van der Waals surface area contributed by atoms with Crippen LogP contribution in [0.4, 0.5) is 14.5 Å². The van der Waals surface area contributed by atoms with Crippen LogP contribution in [-0.2, 0) is 25.7 Å². The predicted molar refractivity (Wildman–Crippen MR) is 194 cm³/mol. The van der Waals surface area contributed by atoms with Crippen LogP contribution in [0, 0.1) is 11.6 Å². The molecular weight excluding hydrogens is 704 g/mol. The fraction of sp³-hybridized carbons (Fsp3) is 0.395. The van der Waals surface area contributed by atoms with Gasteiger partial charge in [0.25, 0.3) is 5.91 Å². The zero-order chi connectivity index (χ0) is 38.4. The molecule has 4 N–H and O–H groups in total. The van der Waals surface area contributed by atoms with Gasteiger partial charge >= 0.3 is 0 Å². The van der Waals surface area contributed by atoms with Gasteiger partial charge in [0, 0.05) is 73.1 Å². The summed E-state index contributed by atoms with van der Waals surface area (Å²) in [6.07, 6.45) is 3.90. The van der Waals surface area contributed by atoms with Gasteiger partial charge < -0.3 is 40.2 Å². The average Bonchev–Trinajstić information content (AvgIpc) is 3.54. The highest BCUT2D eigenvalue weighted by Gasteiger charge is 2.39. The summed E-state index contributed by atoms with van der Waals surface area (Å²) >= 11 is 0. The molecule has 3 amide bonds. The Morgan fingerprint density at radius 3 is 2.54 bits per heavy atom. The number of halogens is 2. The van der Waals surface area contributed by atoms with E-state index in [-0.39, 0.29) is 55.2 Å². The summed E-state index contributed by atoms with van der Waals surface area (Å²) < 4.78 is 53.4. The third kappa shape index (κ3) is 8.51. The van der Waals surface area contributed by atoms with Gasteiger partial charge in [-0.15, -0.1) is 0 Å². The van der Waals surface area contributed by atoms with E-state index in [1.54, 1.807) is 29.3 Å². The zero-order valence-corrected chi connectivity index (χ0v) is 30.4. The second-order valence-corrected chi connectivity index (χ2v) is 13.5. The number of rotatable bonds is 14. The normalized spacial score (nSPS) is 14.4. The quantitative estimate of drug-likeness (QED) is 0.159. The molecule has 2 aromatic carbocycles. The lowest BCUT2D eigenvalue weighted by molar-refractivity contribution is -0.122. The molecule has 0 radical (unpaired) electrons. The molecule has 16 heteroatoms. The van der Waals surface area contributed by atoms with Crippen molar-refractivity contribution in [3.8, 4) is 39.6 Å². The van der Waals surface area contributed by atoms with Gasteiger partial charge in [-0.25, -0.2) is 13.5 Å². The van der Waals surface area contributed by atoms with Crippen LogP contribution in [0.15, 0.2) is 48.8 Å². The second-order valence-electron chi connectivity index (χ2n) is 13.5. The summed E-state index contributed by atoms with van der Waals surface area (Å²) in [4.78, 5) is 45.0. The number of ether oxygens (including phenoxy) is 4. The average molecular weight is 748 g/mol. The molecule has 4 aromatic rings. The molecule has 0 bridgehead atoms. The lowest BCUT2D eigenvalue weighted by atomic mass is 9.95. The number of nitrogens with one attached hydrogen (secondary N) is 2. The zero-order valence-electron chi connectivity index (χ0n) is 30.4. The van der Waals surface area contributed by atoms with Crippen LogP contribution in [0.5, 0.6) is 11.5 Å². The van der Waals surface area contributed by atoms with E-state index in [4.69, 9.17) is 24.7 Å². The van der Waals surface area contributed by atoms with E-state index in [1.165, 1.54) is 18.0 Å². The maximum absolute atomic E-state index is 14.6. The van der Waals surface area contributed by atoms with Crippen LogP contribution in [-0.4, -0.2) is 96.1 Å². The molecule has 0 saturated carbocycles. The van der Waals surface area contributed by atoms with Gasteiger partial charge in [0.1, 0.15) is 29.7 Å². The number of carbonyl (C=O) groups is 3. The molecule has 0 spiro atoms. The van der Waals surface area contributed by atoms with Gasteiger partial charge in [-0.3, -0.25) is 19.4 Å². The van der Waals surface area contributed by atoms with Crippen LogP contribution in [0.2, 0.25) is 0 Å². The number of nitrogens with zero attached hydrogens (tertiary/aromatic N) is 4. The number of carbonyl (C=O) groups excluding carboxylic acids is 3. The Morgan fingerprint density at radius 2 is 1.80 bits per heavy atom. The predicted octanol–water partition coefficient (Wildman–Crippen LogP) is 4.23. The largest absolute Gasteiger partial charge is 0.496 e. The number of anilines is 1. The molecule has 1 saturated heterocycles.